The third-order valence-corrected chi connectivity index (χ3v) is 7.05. The highest BCUT2D eigenvalue weighted by atomic mass is 35.5. The van der Waals surface area contributed by atoms with Crippen molar-refractivity contribution in [1.82, 2.24) is 9.88 Å². The van der Waals surface area contributed by atoms with E-state index in [1.54, 1.807) is 12.3 Å². The molecule has 4 rings (SSSR count). The fourth-order valence-electron chi connectivity index (χ4n) is 2.92. The van der Waals surface area contributed by atoms with E-state index in [0.717, 1.165) is 16.0 Å². The van der Waals surface area contributed by atoms with Crippen molar-refractivity contribution < 1.29 is 9.59 Å². The summed E-state index contributed by atoms with van der Waals surface area (Å²) in [6.07, 6.45) is 4.12. The molecule has 0 spiro atoms. The van der Waals surface area contributed by atoms with Crippen LogP contribution in [0.25, 0.3) is 6.08 Å². The standard InChI is InChI=1S/C22H16ClN3O2S3/c23-17-9-5-4-8-15(17)11-16-12-24-21(30-16)25-19(27)13-26-20(28)18(31-22(26)29)10-14-6-2-1-3-7-14/h1-10,12H,11,13H2,(H,24,25,27)/b18-10+. The van der Waals surface area contributed by atoms with E-state index in [2.05, 4.69) is 10.3 Å². The normalized spacial score (nSPS) is 15.0. The molecule has 0 radical (unpaired) electrons. The number of thiazole rings is 1. The van der Waals surface area contributed by atoms with Gasteiger partial charge >= 0.3 is 0 Å². The summed E-state index contributed by atoms with van der Waals surface area (Å²) < 4.78 is 0.362. The molecule has 0 bridgehead atoms. The maximum absolute atomic E-state index is 12.7. The Kier molecular flexibility index (Phi) is 6.82. The zero-order chi connectivity index (χ0) is 21.8. The Hall–Kier alpha value is -2.52. The molecule has 1 aliphatic heterocycles. The van der Waals surface area contributed by atoms with E-state index < -0.39 is 0 Å². The second-order valence-electron chi connectivity index (χ2n) is 6.63. The van der Waals surface area contributed by atoms with Gasteiger partial charge in [0, 0.05) is 22.5 Å². The molecule has 0 unspecified atom stereocenters. The molecule has 156 valence electrons. The van der Waals surface area contributed by atoms with Crippen LogP contribution in [0, 0.1) is 0 Å². The Morgan fingerprint density at radius 3 is 2.68 bits per heavy atom. The first-order valence-corrected chi connectivity index (χ1v) is 11.7. The number of amides is 2. The number of rotatable bonds is 6. The summed E-state index contributed by atoms with van der Waals surface area (Å²) in [5.41, 5.74) is 1.90. The number of benzene rings is 2. The average Bonchev–Trinajstić information content (AvgIpc) is 3.29. The number of thioether (sulfide) groups is 1. The number of nitrogens with zero attached hydrogens (tertiary/aromatic N) is 2. The monoisotopic (exact) mass is 485 g/mol. The number of nitrogens with one attached hydrogen (secondary N) is 1. The van der Waals surface area contributed by atoms with Gasteiger partial charge in [0.1, 0.15) is 10.9 Å². The van der Waals surface area contributed by atoms with Crippen LogP contribution in [0.15, 0.2) is 65.7 Å². The summed E-state index contributed by atoms with van der Waals surface area (Å²) in [7, 11) is 0. The van der Waals surface area contributed by atoms with Crippen molar-refractivity contribution in [3.63, 3.8) is 0 Å². The molecular formula is C22H16ClN3O2S3. The highest BCUT2D eigenvalue weighted by Crippen LogP contribution is 2.32. The molecule has 0 aliphatic carbocycles. The molecule has 5 nitrogen and oxygen atoms in total. The maximum Gasteiger partial charge on any atom is 0.266 e. The minimum absolute atomic E-state index is 0.157. The van der Waals surface area contributed by atoms with E-state index in [0.29, 0.717) is 25.8 Å². The van der Waals surface area contributed by atoms with E-state index in [1.807, 2.05) is 54.6 Å². The zero-order valence-electron chi connectivity index (χ0n) is 16.1. The molecule has 1 saturated heterocycles. The zero-order valence-corrected chi connectivity index (χ0v) is 19.3. The van der Waals surface area contributed by atoms with Crippen LogP contribution in [0.4, 0.5) is 5.13 Å². The number of anilines is 1. The second kappa shape index (κ2) is 9.74. The van der Waals surface area contributed by atoms with Crippen molar-refractivity contribution in [1.29, 1.82) is 0 Å². The van der Waals surface area contributed by atoms with E-state index in [4.69, 9.17) is 23.8 Å². The van der Waals surface area contributed by atoms with Crippen LogP contribution in [0.5, 0.6) is 0 Å². The molecule has 2 amide bonds. The Balaban J connectivity index is 1.37. The predicted octanol–water partition coefficient (Wildman–Crippen LogP) is 5.23. The average molecular weight is 486 g/mol. The highest BCUT2D eigenvalue weighted by Gasteiger charge is 2.33. The van der Waals surface area contributed by atoms with Gasteiger partial charge in [0.2, 0.25) is 5.91 Å². The fourth-order valence-corrected chi connectivity index (χ4v) is 5.23. The Labute approximate surface area is 198 Å². The molecule has 0 saturated carbocycles. The lowest BCUT2D eigenvalue weighted by Gasteiger charge is -2.13. The Morgan fingerprint density at radius 2 is 1.90 bits per heavy atom. The lowest BCUT2D eigenvalue weighted by molar-refractivity contribution is -0.126. The van der Waals surface area contributed by atoms with E-state index >= 15 is 0 Å². The quantitative estimate of drug-likeness (QED) is 0.382. The van der Waals surface area contributed by atoms with Gasteiger partial charge < -0.3 is 5.32 Å². The van der Waals surface area contributed by atoms with Gasteiger partial charge in [-0.25, -0.2) is 4.98 Å². The lowest BCUT2D eigenvalue weighted by atomic mass is 10.1. The van der Waals surface area contributed by atoms with E-state index in [1.165, 1.54) is 28.0 Å². The van der Waals surface area contributed by atoms with Crippen molar-refractivity contribution in [2.45, 2.75) is 6.42 Å². The fraction of sp³-hybridized carbons (Fsp3) is 0.0909. The van der Waals surface area contributed by atoms with Crippen LogP contribution in [-0.2, 0) is 16.0 Å². The van der Waals surface area contributed by atoms with Crippen LogP contribution in [0.2, 0.25) is 5.02 Å². The topological polar surface area (TPSA) is 62.3 Å². The van der Waals surface area contributed by atoms with Gasteiger partial charge in [-0.3, -0.25) is 14.5 Å². The molecule has 1 aliphatic rings. The first kappa shape index (κ1) is 21.7. The van der Waals surface area contributed by atoms with Crippen molar-refractivity contribution in [2.75, 3.05) is 11.9 Å². The Morgan fingerprint density at radius 1 is 1.16 bits per heavy atom. The summed E-state index contributed by atoms with van der Waals surface area (Å²) in [6, 6.07) is 17.1. The molecule has 1 aromatic heterocycles. The number of aromatic nitrogens is 1. The van der Waals surface area contributed by atoms with Crippen LogP contribution >= 0.6 is 46.9 Å². The molecular weight excluding hydrogens is 470 g/mol. The molecule has 1 N–H and O–H groups in total. The minimum Gasteiger partial charge on any atom is -0.300 e. The molecule has 2 heterocycles. The van der Waals surface area contributed by atoms with Crippen LogP contribution < -0.4 is 5.32 Å². The van der Waals surface area contributed by atoms with Gasteiger partial charge in [0.05, 0.1) is 4.91 Å². The molecule has 0 atom stereocenters. The van der Waals surface area contributed by atoms with E-state index in [-0.39, 0.29) is 18.4 Å². The SMILES string of the molecule is O=C(CN1C(=O)/C(=C\c2ccccc2)SC1=S)Nc1ncc(Cc2ccccc2Cl)s1. The largest absolute Gasteiger partial charge is 0.300 e. The second-order valence-corrected chi connectivity index (χ2v) is 9.82. The number of hydrogen-bond acceptors (Lipinski definition) is 6. The highest BCUT2D eigenvalue weighted by molar-refractivity contribution is 8.26. The van der Waals surface area contributed by atoms with Crippen molar-refractivity contribution in [3.05, 3.63) is 86.7 Å². The number of thiocarbonyl (C=S) groups is 1. The summed E-state index contributed by atoms with van der Waals surface area (Å²) in [5.74, 6) is -0.622. The maximum atomic E-state index is 12.7. The molecule has 1 fully saturated rings. The summed E-state index contributed by atoms with van der Waals surface area (Å²) in [5, 5.41) is 3.91. The third-order valence-electron chi connectivity index (χ3n) is 4.40. The van der Waals surface area contributed by atoms with Gasteiger partial charge in [0.15, 0.2) is 5.13 Å². The summed E-state index contributed by atoms with van der Waals surface area (Å²) in [6.45, 7) is -0.157. The first-order chi connectivity index (χ1) is 15.0. The smallest absolute Gasteiger partial charge is 0.266 e. The molecule has 9 heteroatoms. The van der Waals surface area contributed by atoms with E-state index in [9.17, 15) is 9.59 Å². The number of halogens is 1. The number of carbonyl (C=O) groups excluding carboxylic acids is 2. The van der Waals surface area contributed by atoms with Crippen LogP contribution in [0.3, 0.4) is 0 Å². The molecule has 3 aromatic rings. The number of hydrogen-bond donors (Lipinski definition) is 1. The first-order valence-electron chi connectivity index (χ1n) is 9.28. The van der Waals surface area contributed by atoms with Gasteiger partial charge in [-0.2, -0.15) is 0 Å². The Bertz CT molecular complexity index is 1180. The number of carbonyl (C=O) groups is 2. The third kappa shape index (κ3) is 5.40. The van der Waals surface area contributed by atoms with Gasteiger partial charge in [-0.05, 0) is 23.3 Å². The minimum atomic E-state index is -0.351. The van der Waals surface area contributed by atoms with Crippen molar-refractivity contribution in [2.24, 2.45) is 0 Å². The van der Waals surface area contributed by atoms with Crippen molar-refractivity contribution >= 4 is 74.3 Å². The predicted molar refractivity (Wildman–Crippen MR) is 131 cm³/mol. The molecule has 2 aromatic carbocycles. The van der Waals surface area contributed by atoms with Gasteiger partial charge in [0.25, 0.3) is 5.91 Å². The van der Waals surface area contributed by atoms with Gasteiger partial charge in [-0.15, -0.1) is 11.3 Å². The van der Waals surface area contributed by atoms with Gasteiger partial charge in [-0.1, -0.05) is 84.1 Å². The van der Waals surface area contributed by atoms with Crippen LogP contribution in [0.1, 0.15) is 16.0 Å². The summed E-state index contributed by atoms with van der Waals surface area (Å²) in [4.78, 5) is 32.2. The molecule has 31 heavy (non-hydrogen) atoms. The lowest BCUT2D eigenvalue weighted by Crippen LogP contribution is -2.36. The summed E-state index contributed by atoms with van der Waals surface area (Å²) >= 11 is 14.1. The van der Waals surface area contributed by atoms with Crippen molar-refractivity contribution in [3.8, 4) is 0 Å². The van der Waals surface area contributed by atoms with Crippen LogP contribution in [-0.4, -0.2) is 32.6 Å².